The number of hydrogen-bond donors (Lipinski definition) is 2. The molecule has 0 saturated heterocycles. The van der Waals surface area contributed by atoms with Crippen molar-refractivity contribution in [3.8, 4) is 0 Å². The minimum absolute atomic E-state index is 0.210. The van der Waals surface area contributed by atoms with Gasteiger partial charge in [-0.2, -0.15) is 4.98 Å². The minimum atomic E-state index is 0.210. The van der Waals surface area contributed by atoms with E-state index < -0.39 is 0 Å². The first-order valence-electron chi connectivity index (χ1n) is 8.85. The molecule has 0 saturated carbocycles. The number of oxazole rings is 1. The Hall–Kier alpha value is -2.60. The predicted octanol–water partition coefficient (Wildman–Crippen LogP) is 5.30. The molecule has 4 aromatic rings. The molecule has 4 rings (SSSR count). The highest BCUT2D eigenvalue weighted by Gasteiger charge is 2.11. The molecule has 0 radical (unpaired) electrons. The summed E-state index contributed by atoms with van der Waals surface area (Å²) in [6, 6.07) is 15.4. The first kappa shape index (κ1) is 16.8. The first-order chi connectivity index (χ1) is 12.6. The normalized spacial score (nSPS) is 12.8. The van der Waals surface area contributed by atoms with Crippen LogP contribution in [0, 0.1) is 0 Å². The fourth-order valence-electron chi connectivity index (χ4n) is 2.95. The molecule has 0 aliphatic carbocycles. The van der Waals surface area contributed by atoms with Crippen LogP contribution in [-0.2, 0) is 6.42 Å². The molecule has 0 amide bonds. The van der Waals surface area contributed by atoms with Crippen LogP contribution < -0.4 is 10.6 Å². The number of para-hydroxylation sites is 2. The molecule has 0 bridgehead atoms. The van der Waals surface area contributed by atoms with Crippen LogP contribution in [0.3, 0.4) is 0 Å². The van der Waals surface area contributed by atoms with E-state index in [2.05, 4.69) is 59.6 Å². The number of fused-ring (bicyclic) bond motifs is 2. The van der Waals surface area contributed by atoms with E-state index in [1.807, 2.05) is 24.3 Å². The van der Waals surface area contributed by atoms with Crippen molar-refractivity contribution in [1.82, 2.24) is 9.97 Å². The lowest BCUT2D eigenvalue weighted by Gasteiger charge is -2.11. The lowest BCUT2D eigenvalue weighted by atomic mass is 10.1. The summed E-state index contributed by atoms with van der Waals surface area (Å²) in [6.45, 7) is 6.38. The van der Waals surface area contributed by atoms with Crippen LogP contribution in [0.5, 0.6) is 0 Å². The lowest BCUT2D eigenvalue weighted by Crippen LogP contribution is -2.18. The molecule has 1 unspecified atom stereocenters. The van der Waals surface area contributed by atoms with Gasteiger partial charge in [-0.1, -0.05) is 29.5 Å². The molecule has 134 valence electrons. The van der Waals surface area contributed by atoms with Crippen LogP contribution in [0.25, 0.3) is 21.3 Å². The van der Waals surface area contributed by atoms with Gasteiger partial charge < -0.3 is 15.1 Å². The summed E-state index contributed by atoms with van der Waals surface area (Å²) < 4.78 is 6.96. The summed E-state index contributed by atoms with van der Waals surface area (Å²) >= 11 is 1.70. The zero-order chi connectivity index (χ0) is 18.1. The fourth-order valence-corrected chi connectivity index (χ4v) is 4.03. The molecule has 0 fully saturated rings. The van der Waals surface area contributed by atoms with Gasteiger partial charge in [-0.15, -0.1) is 0 Å². The Morgan fingerprint density at radius 2 is 1.85 bits per heavy atom. The van der Waals surface area contributed by atoms with E-state index in [-0.39, 0.29) is 6.04 Å². The zero-order valence-electron chi connectivity index (χ0n) is 15.1. The fraction of sp³-hybridized carbons (Fsp3) is 0.300. The number of anilines is 2. The molecule has 1 atom stereocenters. The van der Waals surface area contributed by atoms with Crippen molar-refractivity contribution >= 4 is 43.8 Å². The van der Waals surface area contributed by atoms with Crippen molar-refractivity contribution in [1.29, 1.82) is 0 Å². The number of thiazole rings is 1. The second-order valence-corrected chi connectivity index (χ2v) is 7.89. The molecule has 5 nitrogen and oxygen atoms in total. The van der Waals surface area contributed by atoms with Gasteiger partial charge in [0.15, 0.2) is 10.7 Å². The van der Waals surface area contributed by atoms with E-state index in [4.69, 9.17) is 4.42 Å². The van der Waals surface area contributed by atoms with Crippen LogP contribution in [0.4, 0.5) is 11.1 Å². The SMILES string of the molecule is CC(C)Nc1nc2ccc(CC(C)Nc3nc4ccccc4o3)cc2s1. The van der Waals surface area contributed by atoms with E-state index in [1.54, 1.807) is 11.3 Å². The van der Waals surface area contributed by atoms with Gasteiger partial charge in [0.1, 0.15) is 5.52 Å². The minimum Gasteiger partial charge on any atom is -0.424 e. The van der Waals surface area contributed by atoms with E-state index in [0.717, 1.165) is 28.2 Å². The molecule has 2 aromatic heterocycles. The van der Waals surface area contributed by atoms with E-state index in [9.17, 15) is 0 Å². The molecule has 0 aliphatic heterocycles. The standard InChI is InChI=1S/C20H22N4OS/c1-12(2)21-20-24-16-9-8-14(11-18(16)26-20)10-13(3)22-19-23-15-6-4-5-7-17(15)25-19/h4-9,11-13H,10H2,1-3H3,(H,21,24)(H,22,23). The molecule has 0 spiro atoms. The van der Waals surface area contributed by atoms with Gasteiger partial charge in [-0.3, -0.25) is 0 Å². The maximum Gasteiger partial charge on any atom is 0.295 e. The van der Waals surface area contributed by atoms with Crippen molar-refractivity contribution in [2.75, 3.05) is 10.6 Å². The monoisotopic (exact) mass is 366 g/mol. The van der Waals surface area contributed by atoms with Gasteiger partial charge in [0.05, 0.1) is 10.2 Å². The van der Waals surface area contributed by atoms with E-state index in [1.165, 1.54) is 10.3 Å². The Balaban J connectivity index is 1.47. The highest BCUT2D eigenvalue weighted by molar-refractivity contribution is 7.22. The molecular formula is C20H22N4OS. The Labute approximate surface area is 156 Å². The zero-order valence-corrected chi connectivity index (χ0v) is 15.9. The van der Waals surface area contributed by atoms with Crippen molar-refractivity contribution in [2.24, 2.45) is 0 Å². The third kappa shape index (κ3) is 3.65. The number of rotatable bonds is 6. The summed E-state index contributed by atoms with van der Waals surface area (Å²) in [5.41, 5.74) is 3.99. The highest BCUT2D eigenvalue weighted by atomic mass is 32.1. The predicted molar refractivity (Wildman–Crippen MR) is 109 cm³/mol. The summed E-state index contributed by atoms with van der Waals surface area (Å²) in [4.78, 5) is 9.11. The van der Waals surface area contributed by atoms with Gasteiger partial charge in [0.25, 0.3) is 6.01 Å². The average Bonchev–Trinajstić information content (AvgIpc) is 3.15. The van der Waals surface area contributed by atoms with E-state index >= 15 is 0 Å². The van der Waals surface area contributed by atoms with Crippen molar-refractivity contribution in [3.63, 3.8) is 0 Å². The second-order valence-electron chi connectivity index (χ2n) is 6.86. The van der Waals surface area contributed by atoms with Gasteiger partial charge in [0.2, 0.25) is 0 Å². The Morgan fingerprint density at radius 1 is 1.00 bits per heavy atom. The van der Waals surface area contributed by atoms with Gasteiger partial charge in [-0.25, -0.2) is 4.98 Å². The Bertz CT molecular complexity index is 1000. The van der Waals surface area contributed by atoms with Crippen LogP contribution in [0.1, 0.15) is 26.3 Å². The lowest BCUT2D eigenvalue weighted by molar-refractivity contribution is 0.599. The number of hydrogen-bond acceptors (Lipinski definition) is 6. The van der Waals surface area contributed by atoms with Crippen molar-refractivity contribution in [3.05, 3.63) is 48.0 Å². The summed E-state index contributed by atoms with van der Waals surface area (Å²) in [5, 5.41) is 7.71. The van der Waals surface area contributed by atoms with Crippen LogP contribution >= 0.6 is 11.3 Å². The van der Waals surface area contributed by atoms with E-state index in [0.29, 0.717) is 12.1 Å². The smallest absolute Gasteiger partial charge is 0.295 e. The summed E-state index contributed by atoms with van der Waals surface area (Å²) in [7, 11) is 0. The Kier molecular flexibility index (Phi) is 4.51. The third-order valence-electron chi connectivity index (χ3n) is 4.07. The van der Waals surface area contributed by atoms with Crippen LogP contribution in [0.2, 0.25) is 0 Å². The summed E-state index contributed by atoms with van der Waals surface area (Å²) in [5.74, 6) is 0. The molecule has 2 N–H and O–H groups in total. The maximum absolute atomic E-state index is 5.75. The topological polar surface area (TPSA) is 63.0 Å². The number of aromatic nitrogens is 2. The number of nitrogens with one attached hydrogen (secondary N) is 2. The molecular weight excluding hydrogens is 344 g/mol. The number of nitrogens with zero attached hydrogens (tertiary/aromatic N) is 2. The molecule has 6 heteroatoms. The quantitative estimate of drug-likeness (QED) is 0.485. The van der Waals surface area contributed by atoms with Crippen LogP contribution in [0.15, 0.2) is 46.9 Å². The Morgan fingerprint density at radius 3 is 2.65 bits per heavy atom. The average molecular weight is 366 g/mol. The first-order valence-corrected chi connectivity index (χ1v) is 9.66. The highest BCUT2D eigenvalue weighted by Crippen LogP contribution is 2.28. The van der Waals surface area contributed by atoms with Crippen LogP contribution in [-0.4, -0.2) is 22.1 Å². The molecule has 2 aromatic carbocycles. The third-order valence-corrected chi connectivity index (χ3v) is 5.02. The van der Waals surface area contributed by atoms with Gasteiger partial charge in [0, 0.05) is 12.1 Å². The molecule has 0 aliphatic rings. The molecule has 2 heterocycles. The number of benzene rings is 2. The summed E-state index contributed by atoms with van der Waals surface area (Å²) in [6.07, 6.45) is 0.888. The molecule has 26 heavy (non-hydrogen) atoms. The largest absolute Gasteiger partial charge is 0.424 e. The van der Waals surface area contributed by atoms with Crippen molar-refractivity contribution < 1.29 is 4.42 Å². The van der Waals surface area contributed by atoms with Crippen molar-refractivity contribution in [2.45, 2.75) is 39.3 Å². The van der Waals surface area contributed by atoms with Gasteiger partial charge >= 0.3 is 0 Å². The second kappa shape index (κ2) is 6.96. The maximum atomic E-state index is 5.75. The van der Waals surface area contributed by atoms with Gasteiger partial charge in [-0.05, 0) is 57.0 Å².